The van der Waals surface area contributed by atoms with Gasteiger partial charge >= 0.3 is 0 Å². The number of hydrogen-bond donors (Lipinski definition) is 0. The Kier molecular flexibility index (Phi) is 4.89. The van der Waals surface area contributed by atoms with Crippen molar-refractivity contribution in [1.29, 1.82) is 5.26 Å². The van der Waals surface area contributed by atoms with Gasteiger partial charge in [0.2, 0.25) is 15.9 Å². The van der Waals surface area contributed by atoms with Gasteiger partial charge in [0.05, 0.1) is 29.7 Å². The van der Waals surface area contributed by atoms with E-state index in [-0.39, 0.29) is 29.1 Å². The molecule has 0 N–H and O–H groups in total. The maximum atomic E-state index is 12.7. The van der Waals surface area contributed by atoms with E-state index >= 15 is 0 Å². The van der Waals surface area contributed by atoms with Crippen LogP contribution in [0.1, 0.15) is 11.1 Å². The van der Waals surface area contributed by atoms with Gasteiger partial charge in [-0.1, -0.05) is 23.2 Å². The predicted octanol–water partition coefficient (Wildman–Crippen LogP) is 3.02. The molecular formula is C16H13Cl2N3O3S. The first kappa shape index (κ1) is 18.0. The number of benzene rings is 1. The molecule has 3 rings (SSSR count). The first-order chi connectivity index (χ1) is 11.8. The normalized spacial score (nSPS) is 15.4. The summed E-state index contributed by atoms with van der Waals surface area (Å²) in [5.41, 5.74) is 1.06. The molecule has 0 unspecified atom stereocenters. The molecule has 25 heavy (non-hydrogen) atoms. The van der Waals surface area contributed by atoms with E-state index in [1.807, 2.05) is 6.07 Å². The second-order valence-electron chi connectivity index (χ2n) is 5.59. The Morgan fingerprint density at radius 1 is 1.28 bits per heavy atom. The van der Waals surface area contributed by atoms with E-state index in [0.717, 1.165) is 0 Å². The highest BCUT2D eigenvalue weighted by Gasteiger charge is 2.39. The number of hydrogen-bond acceptors (Lipinski definition) is 5. The smallest absolute Gasteiger partial charge is 0.244 e. The minimum atomic E-state index is -3.72. The summed E-state index contributed by atoms with van der Waals surface area (Å²) in [5, 5.41) is 9.37. The SMILES string of the molecule is Cc1cc(S(=O)(=O)N2CC(Oc3cc(C#N)ccn3)C2)c(Cl)cc1Cl. The van der Waals surface area contributed by atoms with Crippen molar-refractivity contribution in [3.63, 3.8) is 0 Å². The molecule has 1 saturated heterocycles. The molecule has 1 fully saturated rings. The molecule has 0 amide bonds. The minimum Gasteiger partial charge on any atom is -0.471 e. The van der Waals surface area contributed by atoms with Crippen molar-refractivity contribution in [1.82, 2.24) is 9.29 Å². The van der Waals surface area contributed by atoms with Crippen LogP contribution in [0.5, 0.6) is 5.88 Å². The lowest BCUT2D eigenvalue weighted by Crippen LogP contribution is -2.56. The summed E-state index contributed by atoms with van der Waals surface area (Å²) in [5.74, 6) is 0.293. The quantitative estimate of drug-likeness (QED) is 0.791. The number of aromatic nitrogens is 1. The highest BCUT2D eigenvalue weighted by atomic mass is 35.5. The van der Waals surface area contributed by atoms with E-state index in [9.17, 15) is 8.42 Å². The summed E-state index contributed by atoms with van der Waals surface area (Å²) in [7, 11) is -3.72. The fourth-order valence-corrected chi connectivity index (χ4v) is 4.66. The number of aryl methyl sites for hydroxylation is 1. The van der Waals surface area contributed by atoms with Crippen molar-refractivity contribution in [3.8, 4) is 11.9 Å². The topological polar surface area (TPSA) is 83.3 Å². The van der Waals surface area contributed by atoms with Gasteiger partial charge < -0.3 is 4.74 Å². The van der Waals surface area contributed by atoms with Gasteiger partial charge in [-0.25, -0.2) is 13.4 Å². The van der Waals surface area contributed by atoms with Gasteiger partial charge in [0.1, 0.15) is 11.0 Å². The van der Waals surface area contributed by atoms with Crippen molar-refractivity contribution in [2.45, 2.75) is 17.9 Å². The second kappa shape index (κ2) is 6.81. The molecule has 1 aliphatic heterocycles. The zero-order valence-electron chi connectivity index (χ0n) is 13.1. The number of rotatable bonds is 4. The van der Waals surface area contributed by atoms with Crippen LogP contribution in [0.4, 0.5) is 0 Å². The number of pyridine rings is 1. The molecule has 0 bridgehead atoms. The summed E-state index contributed by atoms with van der Waals surface area (Å²) in [6.45, 7) is 2.07. The molecule has 1 aromatic heterocycles. The number of nitrogens with zero attached hydrogens (tertiary/aromatic N) is 3. The summed E-state index contributed by atoms with van der Waals surface area (Å²) in [6, 6.07) is 7.96. The third-order valence-electron chi connectivity index (χ3n) is 3.80. The standard InChI is InChI=1S/C16H13Cl2N3O3S/c1-10-4-15(14(18)6-13(10)17)25(22,23)21-8-12(9-21)24-16-5-11(7-19)2-3-20-16/h2-6,12H,8-9H2,1H3. The monoisotopic (exact) mass is 397 g/mol. The fourth-order valence-electron chi connectivity index (χ4n) is 2.35. The van der Waals surface area contributed by atoms with E-state index < -0.39 is 10.0 Å². The fraction of sp³-hybridized carbons (Fsp3) is 0.250. The van der Waals surface area contributed by atoms with Gasteiger partial charge in [0.15, 0.2) is 0 Å². The van der Waals surface area contributed by atoms with Crippen molar-refractivity contribution in [3.05, 3.63) is 51.6 Å². The molecule has 1 aliphatic rings. The molecule has 0 aliphatic carbocycles. The Hall–Kier alpha value is -1.85. The highest BCUT2D eigenvalue weighted by Crippen LogP contribution is 2.32. The summed E-state index contributed by atoms with van der Waals surface area (Å²) in [4.78, 5) is 4.04. The van der Waals surface area contributed by atoms with Gasteiger partial charge in [-0.3, -0.25) is 0 Å². The van der Waals surface area contributed by atoms with Crippen LogP contribution in [0.3, 0.4) is 0 Å². The Labute approximate surface area is 155 Å². The first-order valence-corrected chi connectivity index (χ1v) is 9.49. The van der Waals surface area contributed by atoms with Crippen molar-refractivity contribution in [2.24, 2.45) is 0 Å². The van der Waals surface area contributed by atoms with Gasteiger partial charge in [-0.15, -0.1) is 0 Å². The van der Waals surface area contributed by atoms with E-state index in [0.29, 0.717) is 22.0 Å². The molecule has 9 heteroatoms. The predicted molar refractivity (Wildman–Crippen MR) is 93.3 cm³/mol. The average molecular weight is 398 g/mol. The van der Waals surface area contributed by atoms with Crippen LogP contribution >= 0.6 is 23.2 Å². The number of sulfonamides is 1. The maximum Gasteiger partial charge on any atom is 0.244 e. The van der Waals surface area contributed by atoms with Crippen LogP contribution in [0.25, 0.3) is 0 Å². The van der Waals surface area contributed by atoms with Gasteiger partial charge in [-0.2, -0.15) is 9.57 Å². The van der Waals surface area contributed by atoms with Crippen molar-refractivity contribution in [2.75, 3.05) is 13.1 Å². The Balaban J connectivity index is 1.71. The van der Waals surface area contributed by atoms with E-state index in [4.69, 9.17) is 33.2 Å². The maximum absolute atomic E-state index is 12.7. The molecule has 130 valence electrons. The van der Waals surface area contributed by atoms with Crippen LogP contribution in [0, 0.1) is 18.3 Å². The Morgan fingerprint density at radius 3 is 2.68 bits per heavy atom. The number of ether oxygens (including phenoxy) is 1. The van der Waals surface area contributed by atoms with Crippen LogP contribution in [0.2, 0.25) is 10.0 Å². The molecular weight excluding hydrogens is 385 g/mol. The van der Waals surface area contributed by atoms with Gasteiger partial charge in [0.25, 0.3) is 0 Å². The molecule has 6 nitrogen and oxygen atoms in total. The van der Waals surface area contributed by atoms with E-state index in [2.05, 4.69) is 4.98 Å². The Bertz CT molecular complexity index is 967. The molecule has 0 radical (unpaired) electrons. The molecule has 2 aromatic rings. The van der Waals surface area contributed by atoms with Crippen LogP contribution in [0.15, 0.2) is 35.4 Å². The zero-order chi connectivity index (χ0) is 18.2. The molecule has 2 heterocycles. The van der Waals surface area contributed by atoms with Crippen LogP contribution < -0.4 is 4.74 Å². The summed E-state index contributed by atoms with van der Waals surface area (Å²) < 4.78 is 32.2. The third-order valence-corrected chi connectivity index (χ3v) is 6.50. The lowest BCUT2D eigenvalue weighted by molar-refractivity contribution is 0.0721. The van der Waals surface area contributed by atoms with Gasteiger partial charge in [-0.05, 0) is 30.7 Å². The zero-order valence-corrected chi connectivity index (χ0v) is 15.4. The second-order valence-corrected chi connectivity index (χ2v) is 8.31. The summed E-state index contributed by atoms with van der Waals surface area (Å²) in [6.07, 6.45) is 1.14. The van der Waals surface area contributed by atoms with Crippen molar-refractivity contribution < 1.29 is 13.2 Å². The third kappa shape index (κ3) is 3.58. The van der Waals surface area contributed by atoms with Gasteiger partial charge in [0, 0.05) is 17.3 Å². The highest BCUT2D eigenvalue weighted by molar-refractivity contribution is 7.89. The van der Waals surface area contributed by atoms with Crippen LogP contribution in [-0.4, -0.2) is 36.9 Å². The van der Waals surface area contributed by atoms with Crippen LogP contribution in [-0.2, 0) is 10.0 Å². The largest absolute Gasteiger partial charge is 0.471 e. The minimum absolute atomic E-state index is 0.0270. The lowest BCUT2D eigenvalue weighted by atomic mass is 10.2. The number of halogens is 2. The molecule has 0 atom stereocenters. The lowest BCUT2D eigenvalue weighted by Gasteiger charge is -2.37. The average Bonchev–Trinajstić information content (AvgIpc) is 2.53. The summed E-state index contributed by atoms with van der Waals surface area (Å²) >= 11 is 12.0. The molecule has 0 saturated carbocycles. The Morgan fingerprint density at radius 2 is 2.00 bits per heavy atom. The molecule has 0 spiro atoms. The number of nitriles is 1. The van der Waals surface area contributed by atoms with E-state index in [1.165, 1.54) is 28.7 Å². The molecule has 1 aromatic carbocycles. The van der Waals surface area contributed by atoms with Crippen molar-refractivity contribution >= 4 is 33.2 Å². The van der Waals surface area contributed by atoms with E-state index in [1.54, 1.807) is 13.0 Å². The first-order valence-electron chi connectivity index (χ1n) is 7.30.